The highest BCUT2D eigenvalue weighted by atomic mass is 32.2. The fraction of sp³-hybridized carbons (Fsp3) is 0.400. The van der Waals surface area contributed by atoms with Gasteiger partial charge in [-0.3, -0.25) is 0 Å². The van der Waals surface area contributed by atoms with Crippen LogP contribution in [0.1, 0.15) is 18.1 Å². The summed E-state index contributed by atoms with van der Waals surface area (Å²) in [5.74, 6) is 0. The van der Waals surface area contributed by atoms with Gasteiger partial charge in [0.25, 0.3) is 0 Å². The predicted octanol–water partition coefficient (Wildman–Crippen LogP) is 0.472. The van der Waals surface area contributed by atoms with Gasteiger partial charge in [0.15, 0.2) is 9.84 Å². The summed E-state index contributed by atoms with van der Waals surface area (Å²) in [6.45, 7) is 0.319. The molecule has 1 aromatic carbocycles. The van der Waals surface area contributed by atoms with Crippen molar-refractivity contribution in [3.8, 4) is 0 Å². The number of rotatable bonds is 4. The van der Waals surface area contributed by atoms with E-state index in [0.29, 0.717) is 18.5 Å². The van der Waals surface area contributed by atoms with Crippen molar-refractivity contribution in [3.63, 3.8) is 0 Å². The second-order valence-electron chi connectivity index (χ2n) is 3.40. The fourth-order valence-corrected chi connectivity index (χ4v) is 2.36. The molecular formula is C10H15NO3S. The molecule has 1 atom stereocenters. The van der Waals surface area contributed by atoms with E-state index in [1.54, 1.807) is 18.2 Å². The summed E-state index contributed by atoms with van der Waals surface area (Å²) in [5.41, 5.74) is 5.74. The normalized spacial score (nSPS) is 13.8. The van der Waals surface area contributed by atoms with Crippen molar-refractivity contribution in [2.45, 2.75) is 17.4 Å². The number of hydrogen-bond donors (Lipinski definition) is 2. The van der Waals surface area contributed by atoms with Crippen molar-refractivity contribution >= 4 is 9.84 Å². The Labute approximate surface area is 89.7 Å². The quantitative estimate of drug-likeness (QED) is 0.786. The minimum Gasteiger partial charge on any atom is -0.388 e. The lowest BCUT2D eigenvalue weighted by atomic mass is 10.1. The highest BCUT2D eigenvalue weighted by Gasteiger charge is 2.17. The summed E-state index contributed by atoms with van der Waals surface area (Å²) < 4.78 is 22.8. The third-order valence-electron chi connectivity index (χ3n) is 2.12. The Hall–Kier alpha value is -0.910. The summed E-state index contributed by atoms with van der Waals surface area (Å²) in [6.07, 6.45) is 0.661. The number of nitrogens with two attached hydrogens (primary N) is 1. The Balaban J connectivity index is 3.18. The zero-order valence-electron chi connectivity index (χ0n) is 8.55. The van der Waals surface area contributed by atoms with Gasteiger partial charge in [0.1, 0.15) is 0 Å². The van der Waals surface area contributed by atoms with Crippen LogP contribution in [-0.4, -0.2) is 26.3 Å². The van der Waals surface area contributed by atoms with Gasteiger partial charge in [-0.1, -0.05) is 18.2 Å². The predicted molar refractivity (Wildman–Crippen MR) is 58.2 cm³/mol. The van der Waals surface area contributed by atoms with Crippen LogP contribution in [0.4, 0.5) is 0 Å². The van der Waals surface area contributed by atoms with Gasteiger partial charge in [-0.2, -0.15) is 0 Å². The third kappa shape index (κ3) is 3.02. The van der Waals surface area contributed by atoms with Crippen molar-refractivity contribution in [1.29, 1.82) is 0 Å². The van der Waals surface area contributed by atoms with E-state index in [0.717, 1.165) is 6.26 Å². The zero-order chi connectivity index (χ0) is 11.5. The Bertz CT molecular complexity index is 428. The van der Waals surface area contributed by atoms with Crippen molar-refractivity contribution in [2.24, 2.45) is 5.73 Å². The smallest absolute Gasteiger partial charge is 0.175 e. The largest absolute Gasteiger partial charge is 0.388 e. The molecule has 15 heavy (non-hydrogen) atoms. The molecule has 0 aliphatic heterocycles. The van der Waals surface area contributed by atoms with Gasteiger partial charge in [0.2, 0.25) is 0 Å². The molecule has 0 saturated heterocycles. The molecule has 0 radical (unpaired) electrons. The molecule has 0 aromatic heterocycles. The van der Waals surface area contributed by atoms with Crippen LogP contribution >= 0.6 is 0 Å². The maximum Gasteiger partial charge on any atom is 0.175 e. The van der Waals surface area contributed by atoms with E-state index in [1.165, 1.54) is 6.07 Å². The molecule has 1 rings (SSSR count). The molecule has 0 heterocycles. The van der Waals surface area contributed by atoms with Crippen molar-refractivity contribution < 1.29 is 13.5 Å². The maximum absolute atomic E-state index is 11.4. The first-order valence-electron chi connectivity index (χ1n) is 4.64. The highest BCUT2D eigenvalue weighted by molar-refractivity contribution is 7.90. The molecule has 0 spiro atoms. The van der Waals surface area contributed by atoms with Gasteiger partial charge in [0.05, 0.1) is 11.0 Å². The molecule has 1 aromatic rings. The van der Waals surface area contributed by atoms with Gasteiger partial charge < -0.3 is 10.8 Å². The van der Waals surface area contributed by atoms with Gasteiger partial charge >= 0.3 is 0 Å². The fourth-order valence-electron chi connectivity index (χ4n) is 1.41. The SMILES string of the molecule is CS(=O)(=O)c1ccccc1[C@H](O)CCN. The minimum absolute atomic E-state index is 0.172. The van der Waals surface area contributed by atoms with E-state index in [4.69, 9.17) is 5.73 Å². The van der Waals surface area contributed by atoms with E-state index in [9.17, 15) is 13.5 Å². The summed E-state index contributed by atoms with van der Waals surface area (Å²) in [7, 11) is -3.30. The van der Waals surface area contributed by atoms with Crippen LogP contribution in [0.2, 0.25) is 0 Å². The molecule has 3 N–H and O–H groups in total. The molecule has 84 valence electrons. The Morgan fingerprint density at radius 1 is 1.40 bits per heavy atom. The molecule has 5 heteroatoms. The lowest BCUT2D eigenvalue weighted by Crippen LogP contribution is -2.10. The second kappa shape index (κ2) is 4.74. The third-order valence-corrected chi connectivity index (χ3v) is 3.29. The Morgan fingerprint density at radius 3 is 2.53 bits per heavy atom. The number of aliphatic hydroxyl groups excluding tert-OH is 1. The number of hydrogen-bond acceptors (Lipinski definition) is 4. The lowest BCUT2D eigenvalue weighted by Gasteiger charge is -2.13. The van der Waals surface area contributed by atoms with Gasteiger partial charge in [-0.15, -0.1) is 0 Å². The average Bonchev–Trinajstić information content (AvgIpc) is 2.17. The average molecular weight is 229 g/mol. The standard InChI is InChI=1S/C10H15NO3S/c1-15(13,14)10-5-3-2-4-8(10)9(12)6-7-11/h2-5,9,12H,6-7,11H2,1H3/t9-/m1/s1. The van der Waals surface area contributed by atoms with E-state index in [1.807, 2.05) is 0 Å². The van der Waals surface area contributed by atoms with Crippen LogP contribution in [-0.2, 0) is 9.84 Å². The molecule has 0 saturated carbocycles. The van der Waals surface area contributed by atoms with E-state index >= 15 is 0 Å². The van der Waals surface area contributed by atoms with Crippen LogP contribution < -0.4 is 5.73 Å². The summed E-state index contributed by atoms with van der Waals surface area (Å²) in [5, 5.41) is 9.72. The van der Waals surface area contributed by atoms with Gasteiger partial charge in [0, 0.05) is 6.26 Å². The first kappa shape index (κ1) is 12.2. The van der Waals surface area contributed by atoms with Gasteiger partial charge in [-0.25, -0.2) is 8.42 Å². The zero-order valence-corrected chi connectivity index (χ0v) is 9.37. The van der Waals surface area contributed by atoms with Crippen molar-refractivity contribution in [1.82, 2.24) is 0 Å². The van der Waals surface area contributed by atoms with E-state index in [-0.39, 0.29) is 4.90 Å². The highest BCUT2D eigenvalue weighted by Crippen LogP contribution is 2.23. The van der Waals surface area contributed by atoms with Crippen LogP contribution in [0, 0.1) is 0 Å². The summed E-state index contributed by atoms with van der Waals surface area (Å²) in [4.78, 5) is 0.172. The van der Waals surface area contributed by atoms with Crippen molar-refractivity contribution in [2.75, 3.05) is 12.8 Å². The Morgan fingerprint density at radius 2 is 2.00 bits per heavy atom. The lowest BCUT2D eigenvalue weighted by molar-refractivity contribution is 0.167. The summed E-state index contributed by atoms with van der Waals surface area (Å²) in [6, 6.07) is 6.43. The number of aliphatic hydroxyl groups is 1. The molecule has 0 bridgehead atoms. The molecule has 4 nitrogen and oxygen atoms in total. The van der Waals surface area contributed by atoms with Crippen LogP contribution in [0.5, 0.6) is 0 Å². The van der Waals surface area contributed by atoms with Crippen LogP contribution in [0.15, 0.2) is 29.2 Å². The van der Waals surface area contributed by atoms with E-state index < -0.39 is 15.9 Å². The first-order valence-corrected chi connectivity index (χ1v) is 6.53. The molecule has 0 aliphatic carbocycles. The second-order valence-corrected chi connectivity index (χ2v) is 5.39. The van der Waals surface area contributed by atoms with Crippen molar-refractivity contribution in [3.05, 3.63) is 29.8 Å². The monoisotopic (exact) mass is 229 g/mol. The molecule has 0 fully saturated rings. The Kier molecular flexibility index (Phi) is 3.84. The summed E-state index contributed by atoms with van der Waals surface area (Å²) >= 11 is 0. The molecule has 0 unspecified atom stereocenters. The molecule has 0 aliphatic rings. The van der Waals surface area contributed by atoms with Gasteiger partial charge in [-0.05, 0) is 24.6 Å². The van der Waals surface area contributed by atoms with Crippen LogP contribution in [0.3, 0.4) is 0 Å². The van der Waals surface area contributed by atoms with E-state index in [2.05, 4.69) is 0 Å². The number of benzene rings is 1. The first-order chi connectivity index (χ1) is 6.96. The topological polar surface area (TPSA) is 80.4 Å². The maximum atomic E-state index is 11.4. The number of sulfone groups is 1. The minimum atomic E-state index is -3.30. The van der Waals surface area contributed by atoms with Crippen LogP contribution in [0.25, 0.3) is 0 Å². The molecular weight excluding hydrogens is 214 g/mol. The molecule has 0 amide bonds.